The summed E-state index contributed by atoms with van der Waals surface area (Å²) >= 11 is 0. The monoisotopic (exact) mass is 487 g/mol. The number of aromatic carboxylic acids is 1. The summed E-state index contributed by atoms with van der Waals surface area (Å²) in [5, 5.41) is 12.1. The Kier molecular flexibility index (Phi) is 7.67. The van der Waals surface area contributed by atoms with Gasteiger partial charge in [-0.3, -0.25) is 14.6 Å². The maximum Gasteiger partial charge on any atom is 0.336 e. The molecule has 0 bridgehead atoms. The zero-order valence-electron chi connectivity index (χ0n) is 20.2. The summed E-state index contributed by atoms with van der Waals surface area (Å²) in [6, 6.07) is 3.91. The van der Waals surface area contributed by atoms with E-state index in [9.17, 15) is 24.3 Å². The normalized spacial score (nSPS) is 23.9. The molecule has 2 aliphatic heterocycles. The van der Waals surface area contributed by atoms with E-state index < -0.39 is 35.5 Å². The van der Waals surface area contributed by atoms with Crippen molar-refractivity contribution in [3.05, 3.63) is 35.4 Å². The number of aliphatic imine (C=N–C) groups is 1. The van der Waals surface area contributed by atoms with Crippen LogP contribution in [0.5, 0.6) is 0 Å². The zero-order chi connectivity index (χ0) is 25.9. The van der Waals surface area contributed by atoms with Gasteiger partial charge >= 0.3 is 11.9 Å². The minimum Gasteiger partial charge on any atom is -0.478 e. The third-order valence-electron chi connectivity index (χ3n) is 6.25. The van der Waals surface area contributed by atoms with Gasteiger partial charge in [0.1, 0.15) is 17.7 Å². The van der Waals surface area contributed by atoms with Crippen LogP contribution in [0.15, 0.2) is 29.3 Å². The molecule has 35 heavy (non-hydrogen) atoms. The fourth-order valence-electron chi connectivity index (χ4n) is 4.84. The maximum atomic E-state index is 13.5. The number of piperidine rings is 1. The van der Waals surface area contributed by atoms with Gasteiger partial charge in [0.05, 0.1) is 11.1 Å². The number of nitrogens with one attached hydrogen (secondary N) is 1. The van der Waals surface area contributed by atoms with Crippen LogP contribution in [-0.4, -0.2) is 70.0 Å². The van der Waals surface area contributed by atoms with Crippen molar-refractivity contribution in [2.24, 2.45) is 22.4 Å². The molecule has 6 N–H and O–H groups in total. The lowest BCUT2D eigenvalue weighted by molar-refractivity contribution is -0.165. The molecule has 1 aromatic carbocycles. The summed E-state index contributed by atoms with van der Waals surface area (Å²) in [7, 11) is 0. The van der Waals surface area contributed by atoms with Crippen LogP contribution in [0.2, 0.25) is 0 Å². The third-order valence-corrected chi connectivity index (χ3v) is 6.25. The Morgan fingerprint density at radius 1 is 1.17 bits per heavy atom. The highest BCUT2D eigenvalue weighted by Crippen LogP contribution is 2.39. The van der Waals surface area contributed by atoms with E-state index >= 15 is 0 Å². The van der Waals surface area contributed by atoms with Crippen molar-refractivity contribution in [1.82, 2.24) is 10.2 Å². The molecule has 0 saturated carbocycles. The van der Waals surface area contributed by atoms with E-state index in [2.05, 4.69) is 10.3 Å². The van der Waals surface area contributed by atoms with Crippen molar-refractivity contribution in [2.75, 3.05) is 6.54 Å². The van der Waals surface area contributed by atoms with Gasteiger partial charge in [0.15, 0.2) is 5.96 Å². The summed E-state index contributed by atoms with van der Waals surface area (Å²) in [6.45, 7) is 5.65. The number of hydrogen-bond donors (Lipinski definition) is 4. The van der Waals surface area contributed by atoms with Crippen molar-refractivity contribution < 1.29 is 29.0 Å². The Labute approximate surface area is 203 Å². The molecule has 2 heterocycles. The quantitative estimate of drug-likeness (QED) is 0.249. The van der Waals surface area contributed by atoms with Crippen LogP contribution in [0, 0.1) is 5.92 Å². The average molecular weight is 488 g/mol. The highest BCUT2D eigenvalue weighted by atomic mass is 16.6. The Bertz CT molecular complexity index is 1030. The molecule has 11 heteroatoms. The average Bonchev–Trinajstić information content (AvgIpc) is 3.13. The highest BCUT2D eigenvalue weighted by molar-refractivity contribution is 6.06. The van der Waals surface area contributed by atoms with E-state index in [1.165, 1.54) is 23.1 Å². The maximum absolute atomic E-state index is 13.5. The van der Waals surface area contributed by atoms with Gasteiger partial charge in [-0.05, 0) is 64.5 Å². The van der Waals surface area contributed by atoms with Gasteiger partial charge in [-0.15, -0.1) is 0 Å². The summed E-state index contributed by atoms with van der Waals surface area (Å²) in [4.78, 5) is 56.5. The lowest BCUT2D eigenvalue weighted by Gasteiger charge is -2.39. The molecule has 3 rings (SSSR count). The molecule has 0 spiro atoms. The number of ether oxygens (including phenoxy) is 1. The van der Waals surface area contributed by atoms with Crippen molar-refractivity contribution in [2.45, 2.75) is 70.2 Å². The number of carboxylic acid groups (broad SMARTS) is 1. The topological polar surface area (TPSA) is 177 Å². The second-order valence-electron chi connectivity index (χ2n) is 9.91. The number of hydrogen-bond acceptors (Lipinski definition) is 6. The molecule has 2 fully saturated rings. The second-order valence-corrected chi connectivity index (χ2v) is 9.91. The number of carboxylic acids is 1. The van der Waals surface area contributed by atoms with E-state index in [1.54, 1.807) is 26.8 Å². The fraction of sp³-hybridized carbons (Fsp3) is 0.542. The number of carbonyl (C=O) groups is 4. The Morgan fingerprint density at radius 3 is 2.43 bits per heavy atom. The first-order chi connectivity index (χ1) is 16.4. The van der Waals surface area contributed by atoms with Crippen molar-refractivity contribution in [3.63, 3.8) is 0 Å². The molecular weight excluding hydrogens is 454 g/mol. The zero-order valence-corrected chi connectivity index (χ0v) is 20.2. The molecule has 2 saturated heterocycles. The first kappa shape index (κ1) is 26.0. The van der Waals surface area contributed by atoms with Gasteiger partial charge in [0, 0.05) is 12.6 Å². The van der Waals surface area contributed by atoms with Gasteiger partial charge in [0.2, 0.25) is 5.91 Å². The Morgan fingerprint density at radius 2 is 1.83 bits per heavy atom. The van der Waals surface area contributed by atoms with Crippen molar-refractivity contribution in [3.8, 4) is 0 Å². The summed E-state index contributed by atoms with van der Waals surface area (Å²) in [5.74, 6) is -2.81. The number of nitrogens with two attached hydrogens (primary N) is 2. The third kappa shape index (κ3) is 6.09. The van der Waals surface area contributed by atoms with E-state index in [4.69, 9.17) is 16.2 Å². The van der Waals surface area contributed by atoms with Gasteiger partial charge in [0.25, 0.3) is 5.91 Å². The van der Waals surface area contributed by atoms with Gasteiger partial charge in [-0.25, -0.2) is 9.59 Å². The molecule has 0 aliphatic carbocycles. The van der Waals surface area contributed by atoms with Crippen LogP contribution >= 0.6 is 0 Å². The molecule has 2 aliphatic rings. The highest BCUT2D eigenvalue weighted by Gasteiger charge is 2.51. The van der Waals surface area contributed by atoms with E-state index in [0.717, 1.165) is 0 Å². The molecule has 0 unspecified atom stereocenters. The number of nitrogens with zero attached hydrogens (tertiary/aromatic N) is 2. The fourth-order valence-corrected chi connectivity index (χ4v) is 4.84. The van der Waals surface area contributed by atoms with Crippen LogP contribution in [0.3, 0.4) is 0 Å². The van der Waals surface area contributed by atoms with Crippen molar-refractivity contribution >= 4 is 29.7 Å². The van der Waals surface area contributed by atoms with E-state index in [0.29, 0.717) is 32.2 Å². The number of guanidine groups is 1. The molecular formula is C24H33N5O6. The molecule has 190 valence electrons. The number of benzene rings is 1. The molecule has 4 atom stereocenters. The summed E-state index contributed by atoms with van der Waals surface area (Å²) in [5.41, 5.74) is 9.95. The number of rotatable bonds is 7. The lowest BCUT2D eigenvalue weighted by Crippen LogP contribution is -2.58. The van der Waals surface area contributed by atoms with Crippen LogP contribution in [-0.2, 0) is 14.3 Å². The minimum atomic E-state index is -1.24. The predicted octanol–water partition coefficient (Wildman–Crippen LogP) is 0.868. The van der Waals surface area contributed by atoms with Gasteiger partial charge in [-0.2, -0.15) is 0 Å². The van der Waals surface area contributed by atoms with Crippen LogP contribution in [0.1, 0.15) is 67.2 Å². The number of fused-ring (bicyclic) bond motifs is 1. The standard InChI is InChI=1S/C24H33N5O6/c1-24(2,3)35-22(34)18-12-13(10-11-27-23(25)26)17-9-8-16(20(31)29(17)18)28-19(30)14-6-4-5-7-15(14)21(32)33/h4-7,13,16-18H,8-12H2,1-3H3,(H,28,30)(H,32,33)(H4,25,26,27)/t13-,16-,17+,18-/m0/s1. The Hall–Kier alpha value is -3.63. The van der Waals surface area contributed by atoms with E-state index in [-0.39, 0.29) is 35.0 Å². The smallest absolute Gasteiger partial charge is 0.336 e. The summed E-state index contributed by atoms with van der Waals surface area (Å²) < 4.78 is 5.58. The summed E-state index contributed by atoms with van der Waals surface area (Å²) in [6.07, 6.45) is 1.92. The van der Waals surface area contributed by atoms with E-state index in [1.807, 2.05) is 0 Å². The largest absolute Gasteiger partial charge is 0.478 e. The molecule has 0 aromatic heterocycles. The van der Waals surface area contributed by atoms with Gasteiger partial charge in [-0.1, -0.05) is 12.1 Å². The molecule has 2 amide bonds. The minimum absolute atomic E-state index is 0.0102. The predicted molar refractivity (Wildman–Crippen MR) is 128 cm³/mol. The number of amides is 2. The van der Waals surface area contributed by atoms with Crippen LogP contribution < -0.4 is 16.8 Å². The van der Waals surface area contributed by atoms with Crippen LogP contribution in [0.4, 0.5) is 0 Å². The lowest BCUT2D eigenvalue weighted by atomic mass is 9.88. The molecule has 1 aromatic rings. The number of esters is 1. The molecule has 0 radical (unpaired) electrons. The van der Waals surface area contributed by atoms with Gasteiger partial charge < -0.3 is 31.5 Å². The second kappa shape index (κ2) is 10.3. The first-order valence-electron chi connectivity index (χ1n) is 11.6. The van der Waals surface area contributed by atoms with Crippen molar-refractivity contribution in [1.29, 1.82) is 0 Å². The SMILES string of the molecule is CC(C)(C)OC(=O)[C@@H]1C[C@H](CCN=C(N)N)[C@H]2CC[C@H](NC(=O)c3ccccc3C(=O)O)C(=O)N21. The Balaban J connectivity index is 1.81. The first-order valence-corrected chi connectivity index (χ1v) is 11.6. The van der Waals surface area contributed by atoms with Crippen LogP contribution in [0.25, 0.3) is 0 Å². The number of carbonyl (C=O) groups excluding carboxylic acids is 3. The molecule has 11 nitrogen and oxygen atoms in total.